The first-order valence-electron chi connectivity index (χ1n) is 17.2. The number of para-hydroxylation sites is 3. The third-order valence-corrected chi connectivity index (χ3v) is 10.0. The number of anilines is 2. The van der Waals surface area contributed by atoms with Crippen molar-refractivity contribution in [2.24, 2.45) is 0 Å². The van der Waals surface area contributed by atoms with Crippen molar-refractivity contribution in [3.05, 3.63) is 176 Å². The second kappa shape index (κ2) is 11.4. The fourth-order valence-electron chi connectivity index (χ4n) is 7.77. The van der Waals surface area contributed by atoms with Crippen molar-refractivity contribution in [1.29, 1.82) is 0 Å². The maximum absolute atomic E-state index is 4.97. The molecule has 0 bridgehead atoms. The number of benzene rings is 6. The molecule has 5 nitrogen and oxygen atoms in total. The fourth-order valence-corrected chi connectivity index (χ4v) is 7.77. The van der Waals surface area contributed by atoms with Crippen LogP contribution in [0.3, 0.4) is 0 Å². The summed E-state index contributed by atoms with van der Waals surface area (Å²) in [6, 6.07) is 48.8. The predicted octanol–water partition coefficient (Wildman–Crippen LogP) is 11.6. The Hall–Kier alpha value is -6.85. The van der Waals surface area contributed by atoms with Gasteiger partial charge in [-0.05, 0) is 42.3 Å². The second-order valence-electron chi connectivity index (χ2n) is 12.9. The first-order valence-corrected chi connectivity index (χ1v) is 17.2. The second-order valence-corrected chi connectivity index (χ2v) is 12.9. The summed E-state index contributed by atoms with van der Waals surface area (Å²) in [5.74, 6) is 1.87. The zero-order valence-corrected chi connectivity index (χ0v) is 28.0. The number of hydrogen-bond acceptors (Lipinski definition) is 4. The van der Waals surface area contributed by atoms with E-state index in [0.717, 1.165) is 33.8 Å². The van der Waals surface area contributed by atoms with Crippen LogP contribution in [0, 0.1) is 0 Å². The van der Waals surface area contributed by atoms with Crippen LogP contribution in [-0.4, -0.2) is 19.5 Å². The molecule has 0 atom stereocenters. The standard InChI is InChI=1S/C46H31N5/c1-3-30(44-47-45(31-15-6-4-7-16-31)49-46(48-44)32-17-8-5-9-18-32)28-27-29(2)50-39-25-13-23-36-34-20-11-10-19-33(34)35-21-12-22-37-38-24-14-26-40(50)43(38)51(41(35)37)42(36)39/h3-28H,2H2,1H3/b28-27-,30-3+. The molecule has 0 aliphatic carbocycles. The zero-order valence-electron chi connectivity index (χ0n) is 28.0. The maximum Gasteiger partial charge on any atom is 0.164 e. The van der Waals surface area contributed by atoms with Crippen LogP contribution in [0.2, 0.25) is 0 Å². The van der Waals surface area contributed by atoms with Gasteiger partial charge in [-0.15, -0.1) is 0 Å². The Morgan fingerprint density at radius 3 is 1.76 bits per heavy atom. The lowest BCUT2D eigenvalue weighted by Gasteiger charge is -2.34. The van der Waals surface area contributed by atoms with Crippen LogP contribution in [0.25, 0.3) is 78.1 Å². The highest BCUT2D eigenvalue weighted by Gasteiger charge is 2.33. The van der Waals surface area contributed by atoms with Crippen molar-refractivity contribution in [1.82, 2.24) is 19.5 Å². The molecule has 5 heteroatoms. The molecular formula is C46H31N5. The summed E-state index contributed by atoms with van der Waals surface area (Å²) in [7, 11) is 0. The van der Waals surface area contributed by atoms with E-state index in [2.05, 4.69) is 107 Å². The zero-order chi connectivity index (χ0) is 34.1. The van der Waals surface area contributed by atoms with Crippen molar-refractivity contribution >= 4 is 38.8 Å². The van der Waals surface area contributed by atoms with Gasteiger partial charge in [-0.3, -0.25) is 0 Å². The highest BCUT2D eigenvalue weighted by Crippen LogP contribution is 2.54. The number of hydrogen-bond donors (Lipinski definition) is 0. The fraction of sp³-hybridized carbons (Fsp3) is 0.0217. The van der Waals surface area contributed by atoms with Crippen molar-refractivity contribution in [2.45, 2.75) is 6.92 Å². The predicted molar refractivity (Wildman–Crippen MR) is 210 cm³/mol. The average molecular weight is 654 g/mol. The molecule has 2 aromatic heterocycles. The van der Waals surface area contributed by atoms with Crippen LogP contribution in [0.1, 0.15) is 12.7 Å². The molecule has 2 aliphatic rings. The molecule has 10 rings (SSSR count). The van der Waals surface area contributed by atoms with Gasteiger partial charge in [0.2, 0.25) is 0 Å². The normalized spacial score (nSPS) is 12.9. The third-order valence-electron chi connectivity index (χ3n) is 10.0. The molecule has 0 N–H and O–H groups in total. The van der Waals surface area contributed by atoms with Crippen molar-refractivity contribution in [2.75, 3.05) is 4.90 Å². The summed E-state index contributed by atoms with van der Waals surface area (Å²) >= 11 is 0. The van der Waals surface area contributed by atoms with Crippen molar-refractivity contribution < 1.29 is 0 Å². The lowest BCUT2D eigenvalue weighted by Crippen LogP contribution is -2.21. The first kappa shape index (κ1) is 29.1. The van der Waals surface area contributed by atoms with Crippen LogP contribution in [0.15, 0.2) is 170 Å². The van der Waals surface area contributed by atoms with Gasteiger partial charge < -0.3 is 9.47 Å². The Labute approximate surface area is 295 Å². The summed E-state index contributed by atoms with van der Waals surface area (Å²) in [6.07, 6.45) is 6.20. The van der Waals surface area contributed by atoms with E-state index < -0.39 is 0 Å². The molecule has 8 aromatic rings. The molecule has 0 fully saturated rings. The van der Waals surface area contributed by atoms with Gasteiger partial charge in [0.15, 0.2) is 17.5 Å². The Bertz CT molecular complexity index is 2710. The molecule has 0 saturated heterocycles. The smallest absolute Gasteiger partial charge is 0.164 e. The average Bonchev–Trinajstić information content (AvgIpc) is 3.47. The van der Waals surface area contributed by atoms with Crippen molar-refractivity contribution in [3.8, 4) is 50.7 Å². The molecule has 51 heavy (non-hydrogen) atoms. The number of allylic oxidation sites excluding steroid dienone is 4. The van der Waals surface area contributed by atoms with Crippen LogP contribution >= 0.6 is 0 Å². The molecule has 4 heterocycles. The Morgan fingerprint density at radius 2 is 1.08 bits per heavy atom. The molecule has 0 radical (unpaired) electrons. The van der Waals surface area contributed by atoms with Gasteiger partial charge in [0.05, 0.1) is 28.1 Å². The van der Waals surface area contributed by atoms with Crippen LogP contribution in [0.4, 0.5) is 11.4 Å². The van der Waals surface area contributed by atoms with Gasteiger partial charge in [-0.1, -0.05) is 140 Å². The lowest BCUT2D eigenvalue weighted by molar-refractivity contribution is 1.04. The molecular weight excluding hydrogens is 623 g/mol. The van der Waals surface area contributed by atoms with Crippen LogP contribution in [0.5, 0.6) is 0 Å². The number of rotatable bonds is 6. The molecule has 6 aromatic carbocycles. The lowest BCUT2D eigenvalue weighted by atomic mass is 9.92. The molecule has 0 amide bonds. The maximum atomic E-state index is 4.97. The Kier molecular flexibility index (Phi) is 6.48. The summed E-state index contributed by atoms with van der Waals surface area (Å²) in [5.41, 5.74) is 14.3. The van der Waals surface area contributed by atoms with Crippen molar-refractivity contribution in [3.63, 3.8) is 0 Å². The highest BCUT2D eigenvalue weighted by molar-refractivity contribution is 6.21. The molecule has 0 spiro atoms. The Morgan fingerprint density at radius 1 is 0.529 bits per heavy atom. The largest absolute Gasteiger partial charge is 0.307 e. The number of fused-ring (bicyclic) bond motifs is 4. The highest BCUT2D eigenvalue weighted by atomic mass is 15.2. The van der Waals surface area contributed by atoms with E-state index in [9.17, 15) is 0 Å². The van der Waals surface area contributed by atoms with E-state index >= 15 is 0 Å². The van der Waals surface area contributed by atoms with Gasteiger partial charge >= 0.3 is 0 Å². The van der Waals surface area contributed by atoms with Gasteiger partial charge in [0.1, 0.15) is 0 Å². The topological polar surface area (TPSA) is 46.8 Å². The number of aromatic nitrogens is 4. The minimum atomic E-state index is 0.604. The summed E-state index contributed by atoms with van der Waals surface area (Å²) in [6.45, 7) is 6.70. The monoisotopic (exact) mass is 653 g/mol. The SMILES string of the molecule is C=C(/C=C\C(=C/C)c1nc(-c2ccccc2)nc(-c2ccccc2)n1)N1c2cccc3c2-n2c4c(cccc4c4cccc1c42)-c1ccccc1-3. The van der Waals surface area contributed by atoms with E-state index in [1.807, 2.05) is 73.7 Å². The van der Waals surface area contributed by atoms with E-state index in [4.69, 9.17) is 15.0 Å². The van der Waals surface area contributed by atoms with Gasteiger partial charge in [-0.2, -0.15) is 0 Å². The Balaban J connectivity index is 1.13. The third kappa shape index (κ3) is 4.38. The van der Waals surface area contributed by atoms with E-state index in [0.29, 0.717) is 17.5 Å². The minimum Gasteiger partial charge on any atom is -0.307 e. The summed E-state index contributed by atoms with van der Waals surface area (Å²) < 4.78 is 2.49. The molecule has 0 unspecified atom stereocenters. The van der Waals surface area contributed by atoms with Gasteiger partial charge in [0.25, 0.3) is 0 Å². The molecule has 2 aliphatic heterocycles. The van der Waals surface area contributed by atoms with E-state index in [1.165, 1.54) is 49.7 Å². The van der Waals surface area contributed by atoms with Crippen LogP contribution in [-0.2, 0) is 0 Å². The molecule has 240 valence electrons. The van der Waals surface area contributed by atoms with Gasteiger partial charge in [-0.25, -0.2) is 15.0 Å². The first-order chi connectivity index (χ1) is 25.2. The number of nitrogens with zero attached hydrogens (tertiary/aromatic N) is 5. The minimum absolute atomic E-state index is 0.604. The quantitative estimate of drug-likeness (QED) is 0.168. The van der Waals surface area contributed by atoms with E-state index in [-0.39, 0.29) is 0 Å². The summed E-state index contributed by atoms with van der Waals surface area (Å²) in [5, 5.41) is 2.48. The summed E-state index contributed by atoms with van der Waals surface area (Å²) in [4.78, 5) is 17.1. The van der Waals surface area contributed by atoms with Crippen LogP contribution < -0.4 is 4.90 Å². The van der Waals surface area contributed by atoms with E-state index in [1.54, 1.807) is 0 Å². The molecule has 0 saturated carbocycles. The van der Waals surface area contributed by atoms with Gasteiger partial charge in [0, 0.05) is 44.3 Å².